The first kappa shape index (κ1) is 14.0. The van der Waals surface area contributed by atoms with E-state index in [1.54, 1.807) is 0 Å². The summed E-state index contributed by atoms with van der Waals surface area (Å²) in [5, 5.41) is 2.94. The van der Waals surface area contributed by atoms with Crippen molar-refractivity contribution in [3.63, 3.8) is 0 Å². The normalized spacial score (nSPS) is 21.0. The third-order valence-electron chi connectivity index (χ3n) is 4.08. The molecule has 1 nitrogen and oxygen atoms in total. The van der Waals surface area contributed by atoms with Crippen LogP contribution in [0.15, 0.2) is 36.4 Å². The summed E-state index contributed by atoms with van der Waals surface area (Å²) >= 11 is 0. The van der Waals surface area contributed by atoms with Crippen molar-refractivity contribution in [1.82, 2.24) is 0 Å². The van der Waals surface area contributed by atoms with Crippen molar-refractivity contribution >= 4 is 5.69 Å². The summed E-state index contributed by atoms with van der Waals surface area (Å²) < 4.78 is 39.6. The first-order valence-electron chi connectivity index (χ1n) is 7.01. The second-order valence-corrected chi connectivity index (χ2v) is 5.64. The molecule has 0 saturated heterocycles. The summed E-state index contributed by atoms with van der Waals surface area (Å²) in [5.41, 5.74) is 2.52. The molecule has 1 N–H and O–H groups in total. The minimum absolute atomic E-state index is 0.0289. The number of halogens is 3. The zero-order chi connectivity index (χ0) is 15.0. The van der Waals surface area contributed by atoms with Crippen molar-refractivity contribution < 1.29 is 13.2 Å². The van der Waals surface area contributed by atoms with Gasteiger partial charge >= 0.3 is 0 Å². The average Bonchev–Trinajstić information content (AvgIpc) is 2.43. The molecule has 0 amide bonds. The highest BCUT2D eigenvalue weighted by molar-refractivity contribution is 5.47. The SMILES string of the molecule is Cc1ccc(C2CC(Nc3ccc(F)c(F)c3F)C2)cc1. The highest BCUT2D eigenvalue weighted by atomic mass is 19.2. The quantitative estimate of drug-likeness (QED) is 0.803. The van der Waals surface area contributed by atoms with Crippen LogP contribution in [0.4, 0.5) is 18.9 Å². The molecule has 0 aromatic heterocycles. The zero-order valence-corrected chi connectivity index (χ0v) is 11.7. The van der Waals surface area contributed by atoms with Crippen molar-refractivity contribution in [3.8, 4) is 0 Å². The number of hydrogen-bond donors (Lipinski definition) is 1. The van der Waals surface area contributed by atoms with Crippen LogP contribution in [0.3, 0.4) is 0 Å². The van der Waals surface area contributed by atoms with E-state index < -0.39 is 17.5 Å². The Bertz CT molecular complexity index is 646. The van der Waals surface area contributed by atoms with Crippen molar-refractivity contribution in [1.29, 1.82) is 0 Å². The van der Waals surface area contributed by atoms with Crippen molar-refractivity contribution in [2.45, 2.75) is 31.7 Å². The summed E-state index contributed by atoms with van der Waals surface area (Å²) in [7, 11) is 0. The number of rotatable bonds is 3. The minimum Gasteiger partial charge on any atom is -0.380 e. The van der Waals surface area contributed by atoms with Crippen LogP contribution in [0, 0.1) is 24.4 Å². The van der Waals surface area contributed by atoms with Gasteiger partial charge in [0.2, 0.25) is 0 Å². The molecule has 1 aliphatic rings. The van der Waals surface area contributed by atoms with E-state index in [9.17, 15) is 13.2 Å². The first-order valence-corrected chi connectivity index (χ1v) is 7.01. The van der Waals surface area contributed by atoms with Gasteiger partial charge in [0, 0.05) is 6.04 Å². The molecule has 0 radical (unpaired) electrons. The monoisotopic (exact) mass is 291 g/mol. The summed E-state index contributed by atoms with van der Waals surface area (Å²) in [6, 6.07) is 10.6. The van der Waals surface area contributed by atoms with Gasteiger partial charge in [0.15, 0.2) is 17.5 Å². The number of aryl methyl sites for hydroxylation is 1. The summed E-state index contributed by atoms with van der Waals surface area (Å²) in [4.78, 5) is 0. The van der Waals surface area contributed by atoms with Crippen LogP contribution in [-0.2, 0) is 0 Å². The lowest BCUT2D eigenvalue weighted by atomic mass is 9.75. The molecular formula is C17H16F3N. The fourth-order valence-electron chi connectivity index (χ4n) is 2.70. The number of benzene rings is 2. The van der Waals surface area contributed by atoms with Crippen LogP contribution in [0.1, 0.15) is 29.9 Å². The third-order valence-corrected chi connectivity index (χ3v) is 4.08. The Morgan fingerprint density at radius 3 is 2.24 bits per heavy atom. The Kier molecular flexibility index (Phi) is 3.62. The van der Waals surface area contributed by atoms with Crippen molar-refractivity contribution in [2.75, 3.05) is 5.32 Å². The molecule has 1 fully saturated rings. The molecule has 21 heavy (non-hydrogen) atoms. The maximum absolute atomic E-state index is 13.6. The lowest BCUT2D eigenvalue weighted by Crippen LogP contribution is -2.34. The molecule has 110 valence electrons. The number of nitrogens with one attached hydrogen (secondary N) is 1. The predicted octanol–water partition coefficient (Wildman–Crippen LogP) is 4.77. The molecule has 4 heteroatoms. The van der Waals surface area contributed by atoms with Gasteiger partial charge in [-0.05, 0) is 43.4 Å². The van der Waals surface area contributed by atoms with Gasteiger partial charge in [0.1, 0.15) is 0 Å². The average molecular weight is 291 g/mol. The minimum atomic E-state index is -1.42. The van der Waals surface area contributed by atoms with Gasteiger partial charge < -0.3 is 5.32 Å². The summed E-state index contributed by atoms with van der Waals surface area (Å²) in [6.45, 7) is 2.04. The second kappa shape index (κ2) is 5.43. The smallest absolute Gasteiger partial charge is 0.196 e. The van der Waals surface area contributed by atoms with E-state index in [-0.39, 0.29) is 11.7 Å². The molecule has 3 rings (SSSR count). The lowest BCUT2D eigenvalue weighted by molar-refractivity contribution is 0.371. The van der Waals surface area contributed by atoms with Crippen LogP contribution >= 0.6 is 0 Å². The molecule has 0 heterocycles. The number of anilines is 1. The fraction of sp³-hybridized carbons (Fsp3) is 0.294. The largest absolute Gasteiger partial charge is 0.380 e. The molecule has 0 aliphatic heterocycles. The predicted molar refractivity (Wildman–Crippen MR) is 76.9 cm³/mol. The first-order chi connectivity index (χ1) is 10.0. The Labute approximate surface area is 121 Å². The van der Waals surface area contributed by atoms with E-state index in [4.69, 9.17) is 0 Å². The second-order valence-electron chi connectivity index (χ2n) is 5.64. The van der Waals surface area contributed by atoms with Gasteiger partial charge in [-0.3, -0.25) is 0 Å². The third kappa shape index (κ3) is 2.75. The fourth-order valence-corrected chi connectivity index (χ4v) is 2.70. The standard InChI is InChI=1S/C17H16F3N/c1-10-2-4-11(5-3-10)12-8-13(9-12)21-15-7-6-14(18)16(19)17(15)20/h2-7,12-13,21H,8-9H2,1H3. The maximum atomic E-state index is 13.6. The highest BCUT2D eigenvalue weighted by Gasteiger charge is 2.31. The molecule has 2 aromatic carbocycles. The van der Waals surface area contributed by atoms with Crippen LogP contribution < -0.4 is 5.32 Å². The molecule has 0 atom stereocenters. The van der Waals surface area contributed by atoms with Gasteiger partial charge in [0.05, 0.1) is 5.69 Å². The van der Waals surface area contributed by atoms with Gasteiger partial charge in [-0.15, -0.1) is 0 Å². The molecule has 0 spiro atoms. The molecule has 2 aromatic rings. The van der Waals surface area contributed by atoms with E-state index in [0.29, 0.717) is 5.92 Å². The van der Waals surface area contributed by atoms with Crippen LogP contribution in [-0.4, -0.2) is 6.04 Å². The maximum Gasteiger partial charge on any atom is 0.196 e. The molecule has 1 saturated carbocycles. The summed E-state index contributed by atoms with van der Waals surface area (Å²) in [6.07, 6.45) is 1.73. The van der Waals surface area contributed by atoms with Gasteiger partial charge in [-0.25, -0.2) is 13.2 Å². The van der Waals surface area contributed by atoms with Gasteiger partial charge in [-0.2, -0.15) is 0 Å². The highest BCUT2D eigenvalue weighted by Crippen LogP contribution is 2.39. The molecular weight excluding hydrogens is 275 g/mol. The molecule has 0 unspecified atom stereocenters. The topological polar surface area (TPSA) is 12.0 Å². The zero-order valence-electron chi connectivity index (χ0n) is 11.7. The van der Waals surface area contributed by atoms with Gasteiger partial charge in [-0.1, -0.05) is 29.8 Å². The molecule has 1 aliphatic carbocycles. The molecule has 0 bridgehead atoms. The van der Waals surface area contributed by atoms with E-state index in [1.807, 2.05) is 6.92 Å². The van der Waals surface area contributed by atoms with E-state index in [2.05, 4.69) is 29.6 Å². The van der Waals surface area contributed by atoms with E-state index >= 15 is 0 Å². The van der Waals surface area contributed by atoms with E-state index in [1.165, 1.54) is 17.2 Å². The van der Waals surface area contributed by atoms with Crippen LogP contribution in [0.2, 0.25) is 0 Å². The Hall–Kier alpha value is -1.97. The van der Waals surface area contributed by atoms with E-state index in [0.717, 1.165) is 18.9 Å². The summed E-state index contributed by atoms with van der Waals surface area (Å²) in [5.74, 6) is -3.29. The van der Waals surface area contributed by atoms with Crippen LogP contribution in [0.5, 0.6) is 0 Å². The Morgan fingerprint density at radius 1 is 0.905 bits per heavy atom. The van der Waals surface area contributed by atoms with Crippen LogP contribution in [0.25, 0.3) is 0 Å². The lowest BCUT2D eigenvalue weighted by Gasteiger charge is -2.37. The number of hydrogen-bond acceptors (Lipinski definition) is 1. The Balaban J connectivity index is 1.62. The van der Waals surface area contributed by atoms with Crippen molar-refractivity contribution in [3.05, 3.63) is 65.0 Å². The van der Waals surface area contributed by atoms with Gasteiger partial charge in [0.25, 0.3) is 0 Å². The van der Waals surface area contributed by atoms with Crippen molar-refractivity contribution in [2.24, 2.45) is 0 Å². The Morgan fingerprint density at radius 2 is 1.57 bits per heavy atom.